The number of aliphatic imine (C=N–C) groups is 1. The highest BCUT2D eigenvalue weighted by Crippen LogP contribution is 2.41. The average molecular weight is 458 g/mol. The standard InChI is InChI=1S/C25H22ClF2NO3/c1-31-15-21-22(16-5-3-2-4-6-16)32-24(29-21)23(26)25(30,17-7-11-19(27)12-8-17)18-9-13-20(28)14-10-18/h2-14,21-23,30H,15H2,1H3/t21-,22-,23?/m0/s1. The number of aliphatic hydroxyl groups is 1. The number of ether oxygens (including phenoxy) is 2. The predicted molar refractivity (Wildman–Crippen MR) is 119 cm³/mol. The first kappa shape index (κ1) is 22.4. The summed E-state index contributed by atoms with van der Waals surface area (Å²) < 4.78 is 38.6. The lowest BCUT2D eigenvalue weighted by Gasteiger charge is -2.33. The second-order valence-electron chi connectivity index (χ2n) is 7.58. The third-order valence-electron chi connectivity index (χ3n) is 5.51. The molecule has 0 spiro atoms. The molecule has 0 aromatic heterocycles. The van der Waals surface area contributed by atoms with Gasteiger partial charge in [0, 0.05) is 7.11 Å². The Morgan fingerprint density at radius 1 is 0.969 bits per heavy atom. The van der Waals surface area contributed by atoms with Crippen LogP contribution in [0, 0.1) is 11.6 Å². The van der Waals surface area contributed by atoms with Gasteiger partial charge in [-0.2, -0.15) is 0 Å². The topological polar surface area (TPSA) is 51.0 Å². The molecule has 0 radical (unpaired) electrons. The molecule has 1 aliphatic heterocycles. The smallest absolute Gasteiger partial charge is 0.206 e. The van der Waals surface area contributed by atoms with Crippen LogP contribution in [0.1, 0.15) is 22.8 Å². The first-order valence-corrected chi connectivity index (χ1v) is 10.5. The molecule has 3 atom stereocenters. The normalized spacial score (nSPS) is 19.3. The van der Waals surface area contributed by atoms with E-state index in [0.717, 1.165) is 5.56 Å². The lowest BCUT2D eigenvalue weighted by atomic mass is 9.83. The summed E-state index contributed by atoms with van der Waals surface area (Å²) in [6.45, 7) is 0.290. The fourth-order valence-electron chi connectivity index (χ4n) is 3.87. The van der Waals surface area contributed by atoms with Crippen molar-refractivity contribution < 1.29 is 23.4 Å². The van der Waals surface area contributed by atoms with Gasteiger partial charge in [-0.1, -0.05) is 54.6 Å². The van der Waals surface area contributed by atoms with E-state index in [2.05, 4.69) is 4.99 Å². The number of nitrogens with zero attached hydrogens (tertiary/aromatic N) is 1. The Morgan fingerprint density at radius 3 is 2.00 bits per heavy atom. The summed E-state index contributed by atoms with van der Waals surface area (Å²) in [4.78, 5) is 4.62. The number of hydrogen-bond donors (Lipinski definition) is 1. The van der Waals surface area contributed by atoms with Crippen molar-refractivity contribution in [3.8, 4) is 0 Å². The number of hydrogen-bond acceptors (Lipinski definition) is 4. The van der Waals surface area contributed by atoms with Gasteiger partial charge in [-0.25, -0.2) is 13.8 Å². The molecule has 4 nitrogen and oxygen atoms in total. The van der Waals surface area contributed by atoms with Crippen molar-refractivity contribution in [1.82, 2.24) is 0 Å². The SMILES string of the molecule is COC[C@@H]1N=C(C(Cl)C(O)(c2ccc(F)cc2)c2ccc(F)cc2)O[C@H]1c1ccccc1. The highest BCUT2D eigenvalue weighted by Gasteiger charge is 2.47. The van der Waals surface area contributed by atoms with E-state index < -0.39 is 28.7 Å². The van der Waals surface area contributed by atoms with E-state index in [9.17, 15) is 13.9 Å². The third-order valence-corrected chi connectivity index (χ3v) is 6.01. The molecule has 3 aromatic carbocycles. The van der Waals surface area contributed by atoms with Crippen LogP contribution in [-0.2, 0) is 15.1 Å². The maximum absolute atomic E-state index is 13.6. The van der Waals surface area contributed by atoms with E-state index in [1.54, 1.807) is 7.11 Å². The first-order valence-electron chi connectivity index (χ1n) is 10.1. The minimum absolute atomic E-state index is 0.124. The Hall–Kier alpha value is -2.80. The van der Waals surface area contributed by atoms with E-state index in [1.165, 1.54) is 48.5 Å². The minimum Gasteiger partial charge on any atom is -0.469 e. The third kappa shape index (κ3) is 4.26. The van der Waals surface area contributed by atoms with Gasteiger partial charge in [0.25, 0.3) is 0 Å². The van der Waals surface area contributed by atoms with Gasteiger partial charge in [0.2, 0.25) is 5.90 Å². The molecule has 1 heterocycles. The van der Waals surface area contributed by atoms with Crippen LogP contribution in [-0.4, -0.2) is 36.1 Å². The Balaban J connectivity index is 1.75. The van der Waals surface area contributed by atoms with Gasteiger partial charge in [0.15, 0.2) is 0 Å². The maximum Gasteiger partial charge on any atom is 0.206 e. The lowest BCUT2D eigenvalue weighted by molar-refractivity contribution is 0.0785. The van der Waals surface area contributed by atoms with Crippen LogP contribution in [0.2, 0.25) is 0 Å². The fraction of sp³-hybridized carbons (Fsp3) is 0.240. The molecule has 0 fully saturated rings. The van der Waals surface area contributed by atoms with E-state index in [4.69, 9.17) is 21.1 Å². The molecule has 0 saturated heterocycles. The summed E-state index contributed by atoms with van der Waals surface area (Å²) in [5.74, 6) is -0.793. The van der Waals surface area contributed by atoms with Gasteiger partial charge >= 0.3 is 0 Å². The molecule has 0 bridgehead atoms. The Labute approximate surface area is 190 Å². The van der Waals surface area contributed by atoms with Gasteiger partial charge in [-0.15, -0.1) is 11.6 Å². The van der Waals surface area contributed by atoms with E-state index >= 15 is 0 Å². The number of halogens is 3. The summed E-state index contributed by atoms with van der Waals surface area (Å²) in [7, 11) is 1.57. The first-order chi connectivity index (χ1) is 15.4. The van der Waals surface area contributed by atoms with Crippen LogP contribution in [0.15, 0.2) is 83.9 Å². The zero-order valence-electron chi connectivity index (χ0n) is 17.3. The summed E-state index contributed by atoms with van der Waals surface area (Å²) >= 11 is 6.83. The summed E-state index contributed by atoms with van der Waals surface area (Å²) in [6, 6.07) is 19.8. The molecule has 0 saturated carbocycles. The molecule has 166 valence electrons. The second-order valence-corrected chi connectivity index (χ2v) is 8.02. The van der Waals surface area contributed by atoms with Gasteiger partial charge in [0.05, 0.1) is 6.61 Å². The minimum atomic E-state index is -1.86. The quantitative estimate of drug-likeness (QED) is 0.508. The Morgan fingerprint density at radius 2 is 1.50 bits per heavy atom. The van der Waals surface area contributed by atoms with Crippen LogP contribution in [0.5, 0.6) is 0 Å². The van der Waals surface area contributed by atoms with Gasteiger partial charge in [-0.3, -0.25) is 0 Å². The van der Waals surface area contributed by atoms with E-state index in [0.29, 0.717) is 11.1 Å². The average Bonchev–Trinajstić information content (AvgIpc) is 3.23. The van der Waals surface area contributed by atoms with Crippen molar-refractivity contribution in [2.75, 3.05) is 13.7 Å². The monoisotopic (exact) mass is 457 g/mol. The lowest BCUT2D eigenvalue weighted by Crippen LogP contribution is -2.42. The largest absolute Gasteiger partial charge is 0.469 e. The maximum atomic E-state index is 13.6. The van der Waals surface area contributed by atoms with Crippen molar-refractivity contribution in [1.29, 1.82) is 0 Å². The van der Waals surface area contributed by atoms with Crippen molar-refractivity contribution >= 4 is 17.5 Å². The molecular formula is C25H22ClF2NO3. The molecule has 1 aliphatic rings. The molecule has 4 rings (SSSR count). The van der Waals surface area contributed by atoms with Crippen LogP contribution in [0.25, 0.3) is 0 Å². The van der Waals surface area contributed by atoms with Gasteiger partial charge < -0.3 is 14.6 Å². The molecule has 1 unspecified atom stereocenters. The van der Waals surface area contributed by atoms with Crippen LogP contribution >= 0.6 is 11.6 Å². The highest BCUT2D eigenvalue weighted by molar-refractivity contribution is 6.32. The van der Waals surface area contributed by atoms with Crippen molar-refractivity contribution in [3.05, 3.63) is 107 Å². The van der Waals surface area contributed by atoms with E-state index in [-0.39, 0.29) is 18.5 Å². The number of rotatable bonds is 7. The van der Waals surface area contributed by atoms with Crippen molar-refractivity contribution in [3.63, 3.8) is 0 Å². The van der Waals surface area contributed by atoms with Crippen LogP contribution < -0.4 is 0 Å². The van der Waals surface area contributed by atoms with Gasteiger partial charge in [-0.05, 0) is 41.0 Å². The van der Waals surface area contributed by atoms with Crippen molar-refractivity contribution in [2.24, 2.45) is 4.99 Å². The second kappa shape index (κ2) is 9.36. The molecule has 0 aliphatic carbocycles. The number of benzene rings is 3. The molecular weight excluding hydrogens is 436 g/mol. The number of methoxy groups -OCH3 is 1. The summed E-state index contributed by atoms with van der Waals surface area (Å²) in [6.07, 6.45) is -0.446. The molecule has 3 aromatic rings. The molecule has 0 amide bonds. The summed E-state index contributed by atoms with van der Waals surface area (Å²) in [5, 5.41) is 10.7. The highest BCUT2D eigenvalue weighted by atomic mass is 35.5. The van der Waals surface area contributed by atoms with E-state index in [1.807, 2.05) is 30.3 Å². The number of alkyl halides is 1. The molecule has 1 N–H and O–H groups in total. The fourth-order valence-corrected chi connectivity index (χ4v) is 4.23. The Bertz CT molecular complexity index is 1030. The Kier molecular flexibility index (Phi) is 6.55. The van der Waals surface area contributed by atoms with Crippen molar-refractivity contribution in [2.45, 2.75) is 23.1 Å². The predicted octanol–water partition coefficient (Wildman–Crippen LogP) is 4.99. The van der Waals surface area contributed by atoms with Gasteiger partial charge in [0.1, 0.15) is 34.8 Å². The van der Waals surface area contributed by atoms with Crippen LogP contribution in [0.3, 0.4) is 0 Å². The molecule has 7 heteroatoms. The zero-order valence-corrected chi connectivity index (χ0v) is 18.0. The zero-order chi connectivity index (χ0) is 22.7. The molecule has 32 heavy (non-hydrogen) atoms. The summed E-state index contributed by atoms with van der Waals surface area (Å²) in [5.41, 5.74) is -0.318. The van der Waals surface area contributed by atoms with Crippen LogP contribution in [0.4, 0.5) is 8.78 Å².